The molecule has 0 aliphatic carbocycles. The van der Waals surface area contributed by atoms with E-state index in [1.165, 1.54) is 0 Å². The largest absolute Gasteiger partial charge is 0.396 e. The van der Waals surface area contributed by atoms with Crippen molar-refractivity contribution in [3.05, 3.63) is 0 Å². The van der Waals surface area contributed by atoms with Gasteiger partial charge < -0.3 is 15.7 Å². The lowest BCUT2D eigenvalue weighted by Gasteiger charge is -2.26. The van der Waals surface area contributed by atoms with Gasteiger partial charge in [-0.2, -0.15) is 0 Å². The van der Waals surface area contributed by atoms with E-state index in [2.05, 4.69) is 31.4 Å². The van der Waals surface area contributed by atoms with Crippen molar-refractivity contribution in [3.8, 4) is 0 Å². The summed E-state index contributed by atoms with van der Waals surface area (Å²) in [5, 5.41) is 15.1. The first-order chi connectivity index (χ1) is 7.82. The van der Waals surface area contributed by atoms with Gasteiger partial charge in [0.05, 0.1) is 6.54 Å². The molecule has 0 aromatic carbocycles. The van der Waals surface area contributed by atoms with Crippen LogP contribution in [-0.4, -0.2) is 35.7 Å². The lowest BCUT2D eigenvalue weighted by Crippen LogP contribution is -2.48. The van der Waals surface area contributed by atoms with Crippen LogP contribution in [0.15, 0.2) is 0 Å². The Bertz CT molecular complexity index is 227. The quantitative estimate of drug-likeness (QED) is 0.603. The number of rotatable bonds is 8. The van der Waals surface area contributed by atoms with Gasteiger partial charge in [0.15, 0.2) is 0 Å². The number of aliphatic hydroxyl groups excluding tert-OH is 1. The van der Waals surface area contributed by atoms with E-state index in [-0.39, 0.29) is 24.1 Å². The van der Waals surface area contributed by atoms with Gasteiger partial charge in [-0.05, 0) is 32.6 Å². The second kappa shape index (κ2) is 7.67. The van der Waals surface area contributed by atoms with Crippen LogP contribution < -0.4 is 10.6 Å². The molecule has 4 nitrogen and oxygen atoms in total. The van der Waals surface area contributed by atoms with Crippen molar-refractivity contribution in [2.75, 3.05) is 13.2 Å². The van der Waals surface area contributed by atoms with Crippen LogP contribution in [-0.2, 0) is 4.79 Å². The molecule has 4 heteroatoms. The van der Waals surface area contributed by atoms with Crippen molar-refractivity contribution in [1.82, 2.24) is 10.6 Å². The van der Waals surface area contributed by atoms with Crippen molar-refractivity contribution in [1.29, 1.82) is 0 Å². The summed E-state index contributed by atoms with van der Waals surface area (Å²) in [5.74, 6) is 0.426. The van der Waals surface area contributed by atoms with Gasteiger partial charge in [0.25, 0.3) is 0 Å². The molecule has 0 rings (SSSR count). The van der Waals surface area contributed by atoms with Crippen LogP contribution in [0.3, 0.4) is 0 Å². The van der Waals surface area contributed by atoms with Gasteiger partial charge >= 0.3 is 0 Å². The van der Waals surface area contributed by atoms with Gasteiger partial charge in [0, 0.05) is 18.2 Å². The molecule has 0 spiro atoms. The maximum Gasteiger partial charge on any atom is 0.234 e. The minimum atomic E-state index is -0.150. The van der Waals surface area contributed by atoms with E-state index in [0.717, 1.165) is 6.42 Å². The summed E-state index contributed by atoms with van der Waals surface area (Å²) in [4.78, 5) is 11.7. The van der Waals surface area contributed by atoms with E-state index < -0.39 is 0 Å². The first-order valence-electron chi connectivity index (χ1n) is 6.47. The van der Waals surface area contributed by atoms with E-state index in [4.69, 9.17) is 5.11 Å². The highest BCUT2D eigenvalue weighted by atomic mass is 16.3. The summed E-state index contributed by atoms with van der Waals surface area (Å²) in [7, 11) is 0. The van der Waals surface area contributed by atoms with Gasteiger partial charge in [0.1, 0.15) is 0 Å². The molecule has 0 saturated heterocycles. The fourth-order valence-electron chi connectivity index (χ4n) is 1.54. The fourth-order valence-corrected chi connectivity index (χ4v) is 1.54. The maximum atomic E-state index is 11.7. The molecule has 0 aromatic rings. The minimum Gasteiger partial charge on any atom is -0.396 e. The van der Waals surface area contributed by atoms with Crippen LogP contribution in [0, 0.1) is 5.92 Å². The molecule has 1 unspecified atom stereocenters. The third kappa shape index (κ3) is 7.34. The highest BCUT2D eigenvalue weighted by molar-refractivity contribution is 5.78. The number of nitrogens with one attached hydrogen (secondary N) is 2. The summed E-state index contributed by atoms with van der Waals surface area (Å²) in [6.45, 7) is 10.7. The lowest BCUT2D eigenvalue weighted by molar-refractivity contribution is -0.122. The summed E-state index contributed by atoms with van der Waals surface area (Å²) < 4.78 is 0. The molecule has 17 heavy (non-hydrogen) atoms. The molecule has 0 bridgehead atoms. The van der Waals surface area contributed by atoms with Crippen molar-refractivity contribution < 1.29 is 9.90 Å². The number of hydrogen-bond donors (Lipinski definition) is 3. The first kappa shape index (κ1) is 16.4. The maximum absolute atomic E-state index is 11.7. The molecule has 0 aliphatic heterocycles. The zero-order valence-electron chi connectivity index (χ0n) is 11.8. The molecular weight excluding hydrogens is 216 g/mol. The highest BCUT2D eigenvalue weighted by Crippen LogP contribution is 2.07. The molecule has 0 aromatic heterocycles. The van der Waals surface area contributed by atoms with E-state index in [9.17, 15) is 4.79 Å². The topological polar surface area (TPSA) is 61.4 Å². The average molecular weight is 244 g/mol. The summed E-state index contributed by atoms with van der Waals surface area (Å²) >= 11 is 0. The number of carbonyl (C=O) groups excluding carboxylic acids is 1. The summed E-state index contributed by atoms with van der Waals surface area (Å²) in [5.41, 5.74) is -0.150. The summed E-state index contributed by atoms with van der Waals surface area (Å²) in [6.07, 6.45) is 1.59. The number of amides is 1. The zero-order chi connectivity index (χ0) is 13.5. The lowest BCUT2D eigenvalue weighted by atomic mass is 10.0. The Balaban J connectivity index is 4.04. The molecule has 102 valence electrons. The smallest absolute Gasteiger partial charge is 0.234 e. The first-order valence-corrected chi connectivity index (χ1v) is 6.47. The van der Waals surface area contributed by atoms with E-state index in [1.54, 1.807) is 0 Å². The Morgan fingerprint density at radius 2 is 1.94 bits per heavy atom. The minimum absolute atomic E-state index is 0.0143. The predicted molar refractivity (Wildman–Crippen MR) is 70.8 cm³/mol. The standard InChI is InChI=1S/C13H28N2O2/c1-6-13(4,5)15-12(17)9-14-11(7-8-16)10(2)3/h10-11,14,16H,6-9H2,1-5H3,(H,15,17). The Morgan fingerprint density at radius 3 is 2.35 bits per heavy atom. The van der Waals surface area contributed by atoms with E-state index >= 15 is 0 Å². The van der Waals surface area contributed by atoms with Gasteiger partial charge in [-0.3, -0.25) is 4.79 Å². The number of aliphatic hydroxyl groups is 1. The summed E-state index contributed by atoms with van der Waals surface area (Å²) in [6, 6.07) is 0.190. The van der Waals surface area contributed by atoms with Crippen LogP contribution in [0.25, 0.3) is 0 Å². The Morgan fingerprint density at radius 1 is 1.35 bits per heavy atom. The van der Waals surface area contributed by atoms with Crippen molar-refractivity contribution >= 4 is 5.91 Å². The Kier molecular flexibility index (Phi) is 7.39. The van der Waals surface area contributed by atoms with Crippen LogP contribution in [0.2, 0.25) is 0 Å². The number of carbonyl (C=O) groups is 1. The van der Waals surface area contributed by atoms with E-state index in [0.29, 0.717) is 18.9 Å². The third-order valence-corrected chi connectivity index (χ3v) is 3.13. The van der Waals surface area contributed by atoms with Crippen LogP contribution in [0.5, 0.6) is 0 Å². The molecule has 0 saturated carbocycles. The molecule has 0 heterocycles. The molecule has 1 atom stereocenters. The predicted octanol–water partition coefficient (Wildman–Crippen LogP) is 1.29. The normalized spacial score (nSPS) is 13.8. The SMILES string of the molecule is CCC(C)(C)NC(=O)CNC(CCO)C(C)C. The Labute approximate surface area is 105 Å². The zero-order valence-corrected chi connectivity index (χ0v) is 11.8. The van der Waals surface area contributed by atoms with Crippen molar-refractivity contribution in [3.63, 3.8) is 0 Å². The average Bonchev–Trinajstić information content (AvgIpc) is 2.23. The molecule has 0 aliphatic rings. The van der Waals surface area contributed by atoms with Gasteiger partial charge in [-0.1, -0.05) is 20.8 Å². The Hall–Kier alpha value is -0.610. The monoisotopic (exact) mass is 244 g/mol. The fraction of sp³-hybridized carbons (Fsp3) is 0.923. The molecule has 0 radical (unpaired) electrons. The van der Waals surface area contributed by atoms with E-state index in [1.807, 2.05) is 13.8 Å². The number of hydrogen-bond acceptors (Lipinski definition) is 3. The molecular formula is C13H28N2O2. The second-order valence-corrected chi connectivity index (χ2v) is 5.53. The van der Waals surface area contributed by atoms with Crippen LogP contribution in [0.4, 0.5) is 0 Å². The van der Waals surface area contributed by atoms with Gasteiger partial charge in [0.2, 0.25) is 5.91 Å². The second-order valence-electron chi connectivity index (χ2n) is 5.53. The molecule has 3 N–H and O–H groups in total. The van der Waals surface area contributed by atoms with Crippen LogP contribution >= 0.6 is 0 Å². The molecule has 0 fully saturated rings. The van der Waals surface area contributed by atoms with Crippen LogP contribution in [0.1, 0.15) is 47.5 Å². The third-order valence-electron chi connectivity index (χ3n) is 3.13. The highest BCUT2D eigenvalue weighted by Gasteiger charge is 2.19. The van der Waals surface area contributed by atoms with Crippen molar-refractivity contribution in [2.45, 2.75) is 59.0 Å². The molecule has 1 amide bonds. The van der Waals surface area contributed by atoms with Gasteiger partial charge in [-0.25, -0.2) is 0 Å². The van der Waals surface area contributed by atoms with Crippen molar-refractivity contribution in [2.24, 2.45) is 5.92 Å². The van der Waals surface area contributed by atoms with Gasteiger partial charge in [-0.15, -0.1) is 0 Å².